The number of thiazole rings is 1. The molecule has 0 saturated carbocycles. The van der Waals surface area contributed by atoms with E-state index in [0.29, 0.717) is 27.2 Å². The summed E-state index contributed by atoms with van der Waals surface area (Å²) in [6.45, 7) is 8.36. The maximum Gasteiger partial charge on any atom is 0.338 e. The number of esters is 1. The fraction of sp³-hybridized carbons (Fsp3) is 0.346. The summed E-state index contributed by atoms with van der Waals surface area (Å²) in [5, 5.41) is 1.94. The zero-order chi connectivity index (χ0) is 24.9. The van der Waals surface area contributed by atoms with Gasteiger partial charge in [0, 0.05) is 30.8 Å². The Kier molecular flexibility index (Phi) is 8.00. The smallest absolute Gasteiger partial charge is 0.338 e. The van der Waals surface area contributed by atoms with Crippen LogP contribution in [0.25, 0.3) is 6.08 Å². The number of rotatable bonds is 9. The Labute approximate surface area is 212 Å². The second-order valence-corrected chi connectivity index (χ2v) is 9.98. The summed E-state index contributed by atoms with van der Waals surface area (Å²) in [6, 6.07) is 11.5. The van der Waals surface area contributed by atoms with Gasteiger partial charge in [-0.15, -0.1) is 11.3 Å². The molecular weight excluding hydrogens is 482 g/mol. The molecule has 4 rings (SSSR count). The van der Waals surface area contributed by atoms with E-state index in [1.807, 2.05) is 35.7 Å². The number of fused-ring (bicyclic) bond motifs is 1. The van der Waals surface area contributed by atoms with Crippen LogP contribution in [0.3, 0.4) is 0 Å². The highest BCUT2D eigenvalue weighted by molar-refractivity contribution is 7.10. The summed E-state index contributed by atoms with van der Waals surface area (Å²) in [5.41, 5.74) is 2.86. The summed E-state index contributed by atoms with van der Waals surface area (Å²) in [7, 11) is 1.55. The molecule has 7 nitrogen and oxygen atoms in total. The van der Waals surface area contributed by atoms with E-state index in [2.05, 4.69) is 35.9 Å². The number of anilines is 1. The Morgan fingerprint density at radius 2 is 1.91 bits per heavy atom. The molecule has 0 N–H and O–H groups in total. The number of methoxy groups -OCH3 is 1. The largest absolute Gasteiger partial charge is 0.460 e. The predicted octanol–water partition coefficient (Wildman–Crippen LogP) is 3.33. The van der Waals surface area contributed by atoms with Gasteiger partial charge in [0.05, 0.1) is 22.4 Å². The summed E-state index contributed by atoms with van der Waals surface area (Å²) < 4.78 is 12.6. The van der Waals surface area contributed by atoms with Gasteiger partial charge in [0.15, 0.2) is 4.80 Å². The number of thiophene rings is 1. The van der Waals surface area contributed by atoms with Gasteiger partial charge in [-0.1, -0.05) is 29.5 Å². The second-order valence-electron chi connectivity index (χ2n) is 7.99. The first kappa shape index (κ1) is 25.1. The molecule has 0 radical (unpaired) electrons. The van der Waals surface area contributed by atoms with Crippen LogP contribution < -0.4 is 19.8 Å². The molecule has 1 atom stereocenters. The van der Waals surface area contributed by atoms with Gasteiger partial charge in [0.25, 0.3) is 5.56 Å². The first-order chi connectivity index (χ1) is 17.0. The Morgan fingerprint density at radius 3 is 2.54 bits per heavy atom. The number of carbonyl (C=O) groups is 1. The molecule has 0 saturated heterocycles. The van der Waals surface area contributed by atoms with Crippen molar-refractivity contribution in [1.29, 1.82) is 0 Å². The zero-order valence-electron chi connectivity index (χ0n) is 20.3. The third-order valence-electron chi connectivity index (χ3n) is 5.89. The minimum absolute atomic E-state index is 0.136. The summed E-state index contributed by atoms with van der Waals surface area (Å²) in [4.78, 5) is 35.0. The lowest BCUT2D eigenvalue weighted by Gasteiger charge is -2.23. The SMILES string of the molecule is CCN(CC)c1ccc(/C=c2\sc3n(c2=O)[C@@H](c2cccs2)C(C(=O)OCCOC)=C(C)N=3)cc1. The van der Waals surface area contributed by atoms with E-state index in [1.165, 1.54) is 22.7 Å². The van der Waals surface area contributed by atoms with Gasteiger partial charge in [-0.05, 0) is 56.0 Å². The first-order valence-electron chi connectivity index (χ1n) is 11.6. The van der Waals surface area contributed by atoms with Crippen LogP contribution in [0, 0.1) is 0 Å². The average Bonchev–Trinajstić information content (AvgIpc) is 3.49. The molecule has 0 amide bonds. The van der Waals surface area contributed by atoms with E-state index >= 15 is 0 Å². The van der Waals surface area contributed by atoms with Crippen molar-refractivity contribution in [3.8, 4) is 0 Å². The third-order valence-corrected chi connectivity index (χ3v) is 7.80. The van der Waals surface area contributed by atoms with Crippen LogP contribution in [-0.4, -0.2) is 43.9 Å². The topological polar surface area (TPSA) is 73.1 Å². The number of carbonyl (C=O) groups excluding carboxylic acids is 1. The molecule has 3 aromatic rings. The lowest BCUT2D eigenvalue weighted by molar-refractivity contribution is -0.140. The Bertz CT molecular complexity index is 1380. The van der Waals surface area contributed by atoms with Gasteiger partial charge in [0.2, 0.25) is 0 Å². The molecule has 184 valence electrons. The minimum Gasteiger partial charge on any atom is -0.460 e. The Balaban J connectivity index is 1.77. The van der Waals surface area contributed by atoms with E-state index in [0.717, 1.165) is 29.2 Å². The monoisotopic (exact) mass is 511 g/mol. The molecule has 0 bridgehead atoms. The van der Waals surface area contributed by atoms with Crippen LogP contribution in [0.5, 0.6) is 0 Å². The maximum absolute atomic E-state index is 13.6. The number of benzene rings is 1. The maximum atomic E-state index is 13.6. The molecule has 3 heterocycles. The average molecular weight is 512 g/mol. The van der Waals surface area contributed by atoms with Crippen molar-refractivity contribution in [3.05, 3.63) is 83.2 Å². The quantitative estimate of drug-likeness (QED) is 0.326. The fourth-order valence-electron chi connectivity index (χ4n) is 4.12. The van der Waals surface area contributed by atoms with Gasteiger partial charge in [-0.3, -0.25) is 9.36 Å². The molecular formula is C26H29N3O4S2. The van der Waals surface area contributed by atoms with Crippen molar-refractivity contribution in [2.75, 3.05) is 38.3 Å². The Morgan fingerprint density at radius 1 is 1.17 bits per heavy atom. The summed E-state index contributed by atoms with van der Waals surface area (Å²) in [5.74, 6) is -0.483. The van der Waals surface area contributed by atoms with E-state index in [-0.39, 0.29) is 12.2 Å². The minimum atomic E-state index is -0.575. The molecule has 9 heteroatoms. The molecule has 0 aliphatic carbocycles. The van der Waals surface area contributed by atoms with Crippen molar-refractivity contribution >= 4 is 40.4 Å². The third kappa shape index (κ3) is 5.17. The summed E-state index contributed by atoms with van der Waals surface area (Å²) in [6.07, 6.45) is 1.89. The molecule has 0 spiro atoms. The van der Waals surface area contributed by atoms with Gasteiger partial charge in [0.1, 0.15) is 12.6 Å². The Hall–Kier alpha value is -3.01. The number of allylic oxidation sites excluding steroid dienone is 1. The number of aromatic nitrogens is 1. The molecule has 2 aromatic heterocycles. The van der Waals surface area contributed by atoms with Crippen molar-refractivity contribution < 1.29 is 14.3 Å². The molecule has 0 unspecified atom stereocenters. The number of hydrogen-bond donors (Lipinski definition) is 0. The van der Waals surface area contributed by atoms with E-state index < -0.39 is 12.0 Å². The number of ether oxygens (including phenoxy) is 2. The van der Waals surface area contributed by atoms with Crippen molar-refractivity contribution in [2.45, 2.75) is 26.8 Å². The van der Waals surface area contributed by atoms with Crippen LogP contribution in [0.15, 0.2) is 62.8 Å². The zero-order valence-corrected chi connectivity index (χ0v) is 21.9. The van der Waals surface area contributed by atoms with Crippen molar-refractivity contribution in [1.82, 2.24) is 4.57 Å². The van der Waals surface area contributed by atoms with Crippen LogP contribution in [0.4, 0.5) is 5.69 Å². The van der Waals surface area contributed by atoms with Crippen LogP contribution >= 0.6 is 22.7 Å². The van der Waals surface area contributed by atoms with Crippen molar-refractivity contribution in [3.63, 3.8) is 0 Å². The lowest BCUT2D eigenvalue weighted by Crippen LogP contribution is -2.39. The van der Waals surface area contributed by atoms with Gasteiger partial charge < -0.3 is 14.4 Å². The molecule has 1 aliphatic rings. The predicted molar refractivity (Wildman–Crippen MR) is 141 cm³/mol. The van der Waals surface area contributed by atoms with Gasteiger partial charge >= 0.3 is 5.97 Å². The lowest BCUT2D eigenvalue weighted by atomic mass is 10.0. The number of hydrogen-bond acceptors (Lipinski definition) is 8. The van der Waals surface area contributed by atoms with Crippen LogP contribution in [-0.2, 0) is 14.3 Å². The highest BCUT2D eigenvalue weighted by Gasteiger charge is 2.34. The summed E-state index contributed by atoms with van der Waals surface area (Å²) >= 11 is 2.83. The van der Waals surface area contributed by atoms with Crippen LogP contribution in [0.2, 0.25) is 0 Å². The molecule has 0 fully saturated rings. The first-order valence-corrected chi connectivity index (χ1v) is 13.2. The highest BCUT2D eigenvalue weighted by Crippen LogP contribution is 2.33. The standard InChI is InChI=1S/C26H29N3O4S2/c1-5-28(6-2)19-11-9-18(10-12-19)16-21-24(30)29-23(20-8-7-15-34-20)22(17(3)27-26(29)35-21)25(31)33-14-13-32-4/h7-12,15-16,23H,5-6,13-14H2,1-4H3/b21-16-/t23-/m0/s1. The number of nitrogens with zero attached hydrogens (tertiary/aromatic N) is 3. The van der Waals surface area contributed by atoms with Gasteiger partial charge in [-0.2, -0.15) is 0 Å². The normalized spacial score (nSPS) is 15.7. The molecule has 35 heavy (non-hydrogen) atoms. The molecule has 1 aliphatic heterocycles. The van der Waals surface area contributed by atoms with Gasteiger partial charge in [-0.25, -0.2) is 9.79 Å². The van der Waals surface area contributed by atoms with E-state index in [4.69, 9.17) is 9.47 Å². The van der Waals surface area contributed by atoms with Crippen LogP contribution in [0.1, 0.15) is 37.3 Å². The second kappa shape index (κ2) is 11.2. The highest BCUT2D eigenvalue weighted by atomic mass is 32.1. The fourth-order valence-corrected chi connectivity index (χ4v) is 5.99. The van der Waals surface area contributed by atoms with E-state index in [1.54, 1.807) is 18.6 Å². The van der Waals surface area contributed by atoms with E-state index in [9.17, 15) is 9.59 Å². The van der Waals surface area contributed by atoms with Crippen molar-refractivity contribution in [2.24, 2.45) is 4.99 Å². The molecule has 1 aromatic carbocycles.